The lowest BCUT2D eigenvalue weighted by Crippen LogP contribution is -2.33. The molecule has 2 aromatic rings. The number of rotatable bonds is 2. The van der Waals surface area contributed by atoms with Crippen molar-refractivity contribution in [3.8, 4) is 0 Å². The molecule has 0 aromatic carbocycles. The molecule has 0 fully saturated rings. The fourth-order valence-electron chi connectivity index (χ4n) is 2.37. The van der Waals surface area contributed by atoms with Gasteiger partial charge in [-0.25, -0.2) is 4.98 Å². The molecule has 2 aromatic heterocycles. The van der Waals surface area contributed by atoms with E-state index in [2.05, 4.69) is 28.7 Å². The Hall–Kier alpha value is -2.36. The van der Waals surface area contributed by atoms with Crippen LogP contribution in [0.2, 0.25) is 0 Å². The minimum Gasteiger partial charge on any atom is -0.339 e. The van der Waals surface area contributed by atoms with Crippen molar-refractivity contribution in [2.75, 3.05) is 13.1 Å². The van der Waals surface area contributed by atoms with Crippen molar-refractivity contribution in [2.24, 2.45) is 0 Å². The molecule has 1 amide bonds. The Balaban J connectivity index is 1.85. The van der Waals surface area contributed by atoms with Crippen molar-refractivity contribution < 1.29 is 4.79 Å². The Kier molecular flexibility index (Phi) is 2.91. The molecule has 96 valence electrons. The summed E-state index contributed by atoms with van der Waals surface area (Å²) < 4.78 is 0. The molecule has 0 aliphatic carbocycles. The number of nitrogens with zero attached hydrogens (tertiary/aromatic N) is 2. The third kappa shape index (κ3) is 2.17. The first-order chi connectivity index (χ1) is 9.28. The predicted molar refractivity (Wildman–Crippen MR) is 75.5 cm³/mol. The van der Waals surface area contributed by atoms with Crippen LogP contribution in [0.3, 0.4) is 0 Å². The highest BCUT2D eigenvalue weighted by atomic mass is 16.2. The lowest BCUT2D eigenvalue weighted by molar-refractivity contribution is -0.125. The van der Waals surface area contributed by atoms with E-state index in [9.17, 15) is 4.79 Å². The molecule has 4 heteroatoms. The van der Waals surface area contributed by atoms with Gasteiger partial charge in [-0.3, -0.25) is 4.79 Å². The van der Waals surface area contributed by atoms with Gasteiger partial charge in [0, 0.05) is 30.4 Å². The summed E-state index contributed by atoms with van der Waals surface area (Å²) >= 11 is 0. The van der Waals surface area contributed by atoms with Gasteiger partial charge < -0.3 is 9.88 Å². The smallest absolute Gasteiger partial charge is 0.246 e. The standard InChI is InChI=1S/C15H15N3O/c1-2-14(19)18-8-5-11(6-9-18)13-10-12-4-3-7-16-15(12)17-13/h2-5,7,10H,1,6,8-9H2,(H,16,17). The number of amides is 1. The molecule has 19 heavy (non-hydrogen) atoms. The second-order valence-electron chi connectivity index (χ2n) is 4.59. The molecule has 3 heterocycles. The van der Waals surface area contributed by atoms with Gasteiger partial charge >= 0.3 is 0 Å². The monoisotopic (exact) mass is 253 g/mol. The van der Waals surface area contributed by atoms with Crippen molar-refractivity contribution in [2.45, 2.75) is 6.42 Å². The molecule has 0 atom stereocenters. The minimum atomic E-state index is -0.00591. The summed E-state index contributed by atoms with van der Waals surface area (Å²) in [6, 6.07) is 6.08. The van der Waals surface area contributed by atoms with Gasteiger partial charge in [-0.05, 0) is 36.3 Å². The van der Waals surface area contributed by atoms with Crippen LogP contribution < -0.4 is 0 Å². The Labute approximate surface area is 111 Å². The third-order valence-corrected chi connectivity index (χ3v) is 3.43. The Morgan fingerprint density at radius 1 is 1.53 bits per heavy atom. The van der Waals surface area contributed by atoms with Gasteiger partial charge in [-0.1, -0.05) is 12.7 Å². The fraction of sp³-hybridized carbons (Fsp3) is 0.200. The molecular weight excluding hydrogens is 238 g/mol. The number of hydrogen-bond donors (Lipinski definition) is 1. The van der Waals surface area contributed by atoms with Crippen LogP contribution in [-0.4, -0.2) is 33.9 Å². The lowest BCUT2D eigenvalue weighted by Gasteiger charge is -2.25. The van der Waals surface area contributed by atoms with E-state index in [4.69, 9.17) is 0 Å². The SMILES string of the molecule is C=CC(=O)N1CC=C(c2cc3cccnc3[nH]2)CC1. The van der Waals surface area contributed by atoms with Crippen LogP contribution >= 0.6 is 0 Å². The molecule has 0 unspecified atom stereocenters. The normalized spacial score (nSPS) is 15.4. The van der Waals surface area contributed by atoms with Crippen LogP contribution in [0.15, 0.2) is 43.1 Å². The van der Waals surface area contributed by atoms with Crippen molar-refractivity contribution >= 4 is 22.5 Å². The first-order valence-electron chi connectivity index (χ1n) is 6.32. The van der Waals surface area contributed by atoms with E-state index in [-0.39, 0.29) is 5.91 Å². The molecule has 1 aliphatic rings. The molecule has 0 saturated heterocycles. The van der Waals surface area contributed by atoms with Crippen molar-refractivity contribution in [3.63, 3.8) is 0 Å². The maximum Gasteiger partial charge on any atom is 0.246 e. The Morgan fingerprint density at radius 2 is 2.42 bits per heavy atom. The van der Waals surface area contributed by atoms with Gasteiger partial charge in [0.25, 0.3) is 0 Å². The van der Waals surface area contributed by atoms with E-state index < -0.39 is 0 Å². The zero-order valence-corrected chi connectivity index (χ0v) is 10.6. The van der Waals surface area contributed by atoms with Crippen molar-refractivity contribution in [1.29, 1.82) is 0 Å². The van der Waals surface area contributed by atoms with Gasteiger partial charge in [0.1, 0.15) is 5.65 Å². The van der Waals surface area contributed by atoms with E-state index in [1.807, 2.05) is 12.1 Å². The number of fused-ring (bicyclic) bond motifs is 1. The number of aromatic nitrogens is 2. The summed E-state index contributed by atoms with van der Waals surface area (Å²) in [6.45, 7) is 4.89. The van der Waals surface area contributed by atoms with Crippen LogP contribution in [0, 0.1) is 0 Å². The van der Waals surface area contributed by atoms with E-state index in [1.54, 1.807) is 11.1 Å². The topological polar surface area (TPSA) is 49.0 Å². The molecule has 1 aliphatic heterocycles. The first kappa shape index (κ1) is 11.7. The molecule has 0 saturated carbocycles. The third-order valence-electron chi connectivity index (χ3n) is 3.43. The highest BCUT2D eigenvalue weighted by Crippen LogP contribution is 2.24. The molecule has 3 rings (SSSR count). The number of pyridine rings is 1. The van der Waals surface area contributed by atoms with Crippen LogP contribution in [0.25, 0.3) is 16.6 Å². The average Bonchev–Trinajstić information content (AvgIpc) is 2.90. The van der Waals surface area contributed by atoms with E-state index in [1.165, 1.54) is 11.6 Å². The first-order valence-corrected chi connectivity index (χ1v) is 6.32. The molecule has 0 radical (unpaired) electrons. The maximum atomic E-state index is 11.5. The Bertz CT molecular complexity index is 636. The van der Waals surface area contributed by atoms with Crippen LogP contribution in [0.4, 0.5) is 0 Å². The number of aromatic amines is 1. The van der Waals surface area contributed by atoms with Gasteiger partial charge in [0.05, 0.1) is 0 Å². The Morgan fingerprint density at radius 3 is 3.11 bits per heavy atom. The molecule has 4 nitrogen and oxygen atoms in total. The minimum absolute atomic E-state index is 0.00591. The number of hydrogen-bond acceptors (Lipinski definition) is 2. The molecule has 0 spiro atoms. The summed E-state index contributed by atoms with van der Waals surface area (Å²) in [5.41, 5.74) is 3.24. The van der Waals surface area contributed by atoms with Crippen LogP contribution in [-0.2, 0) is 4.79 Å². The lowest BCUT2D eigenvalue weighted by atomic mass is 10.0. The summed E-state index contributed by atoms with van der Waals surface area (Å²) in [6.07, 6.45) is 6.09. The number of carbonyl (C=O) groups excluding carboxylic acids is 1. The zero-order valence-electron chi connectivity index (χ0n) is 10.6. The van der Waals surface area contributed by atoms with Crippen LogP contribution in [0.1, 0.15) is 12.1 Å². The summed E-state index contributed by atoms with van der Waals surface area (Å²) in [4.78, 5) is 20.9. The average molecular weight is 253 g/mol. The maximum absolute atomic E-state index is 11.5. The summed E-state index contributed by atoms with van der Waals surface area (Å²) in [5.74, 6) is -0.00591. The van der Waals surface area contributed by atoms with Gasteiger partial charge in [0.15, 0.2) is 0 Å². The second-order valence-corrected chi connectivity index (χ2v) is 4.59. The van der Waals surface area contributed by atoms with Crippen molar-refractivity contribution in [3.05, 3.63) is 48.8 Å². The summed E-state index contributed by atoms with van der Waals surface area (Å²) in [5, 5.41) is 1.11. The number of nitrogens with one attached hydrogen (secondary N) is 1. The summed E-state index contributed by atoms with van der Waals surface area (Å²) in [7, 11) is 0. The highest BCUT2D eigenvalue weighted by molar-refractivity contribution is 5.88. The molecular formula is C15H15N3O. The van der Waals surface area contributed by atoms with Crippen molar-refractivity contribution in [1.82, 2.24) is 14.9 Å². The van der Waals surface area contributed by atoms with E-state index >= 15 is 0 Å². The fourth-order valence-corrected chi connectivity index (χ4v) is 2.37. The second kappa shape index (κ2) is 4.72. The molecule has 0 bridgehead atoms. The zero-order chi connectivity index (χ0) is 13.2. The van der Waals surface area contributed by atoms with Gasteiger partial charge in [-0.15, -0.1) is 0 Å². The highest BCUT2D eigenvalue weighted by Gasteiger charge is 2.16. The van der Waals surface area contributed by atoms with Gasteiger partial charge in [-0.2, -0.15) is 0 Å². The molecule has 1 N–H and O–H groups in total. The number of carbonyl (C=O) groups is 1. The largest absolute Gasteiger partial charge is 0.339 e. The predicted octanol–water partition coefficient (Wildman–Crippen LogP) is 2.36. The van der Waals surface area contributed by atoms with E-state index in [0.717, 1.165) is 29.7 Å². The van der Waals surface area contributed by atoms with Crippen LogP contribution in [0.5, 0.6) is 0 Å². The number of H-pyrrole nitrogens is 1. The van der Waals surface area contributed by atoms with E-state index in [0.29, 0.717) is 6.54 Å². The quantitative estimate of drug-likeness (QED) is 0.835. The van der Waals surface area contributed by atoms with Gasteiger partial charge in [0.2, 0.25) is 5.91 Å².